The summed E-state index contributed by atoms with van der Waals surface area (Å²) in [5, 5.41) is 4.18. The molecule has 114 valence electrons. The molecule has 0 spiro atoms. The highest BCUT2D eigenvalue weighted by Crippen LogP contribution is 2.26. The highest BCUT2D eigenvalue weighted by Gasteiger charge is 2.07. The van der Waals surface area contributed by atoms with E-state index in [2.05, 4.69) is 41.2 Å². The van der Waals surface area contributed by atoms with Crippen LogP contribution in [0, 0.1) is 6.92 Å². The zero-order valence-corrected chi connectivity index (χ0v) is 13.8. The molecular weight excluding hydrogens is 356 g/mol. The third kappa shape index (κ3) is 2.59. The maximum atomic E-state index is 6.06. The molecule has 4 rings (SSSR count). The molecule has 2 aromatic carbocycles. The first-order chi connectivity index (χ1) is 11.1. The Balaban J connectivity index is 1.74. The smallest absolute Gasteiger partial charge is 0.227 e. The molecule has 0 aliphatic carbocycles. The Bertz CT molecular complexity index is 1040. The van der Waals surface area contributed by atoms with Gasteiger partial charge >= 0.3 is 0 Å². The standard InChI is InChI=1S/C16H13BrN6/c1-8-20-14-6-11(5-12(18)15(14)21-8)22-16-19-7-9-2-3-10(17)4-13(9)23-16/h2-7H,18H2,1H3,(H,20,21)(H,19,22,23). The number of H-pyrrole nitrogens is 1. The summed E-state index contributed by atoms with van der Waals surface area (Å²) in [7, 11) is 0. The van der Waals surface area contributed by atoms with E-state index < -0.39 is 0 Å². The molecule has 2 heterocycles. The second-order valence-electron chi connectivity index (χ2n) is 5.31. The summed E-state index contributed by atoms with van der Waals surface area (Å²) in [6.45, 7) is 1.90. The van der Waals surface area contributed by atoms with Crippen LogP contribution in [0.4, 0.5) is 17.3 Å². The molecule has 4 N–H and O–H groups in total. The Kier molecular flexibility index (Phi) is 3.16. The quantitative estimate of drug-likeness (QED) is 0.466. The molecule has 7 heteroatoms. The van der Waals surface area contributed by atoms with Crippen molar-refractivity contribution >= 4 is 55.2 Å². The number of aryl methyl sites for hydroxylation is 1. The van der Waals surface area contributed by atoms with Crippen molar-refractivity contribution in [1.82, 2.24) is 19.9 Å². The molecule has 0 saturated carbocycles. The maximum Gasteiger partial charge on any atom is 0.227 e. The summed E-state index contributed by atoms with van der Waals surface area (Å²) in [6, 6.07) is 9.67. The van der Waals surface area contributed by atoms with Gasteiger partial charge in [0.05, 0.1) is 16.7 Å². The number of hydrogen-bond acceptors (Lipinski definition) is 5. The molecule has 4 aromatic rings. The van der Waals surface area contributed by atoms with Crippen molar-refractivity contribution in [1.29, 1.82) is 0 Å². The Morgan fingerprint density at radius 1 is 1.17 bits per heavy atom. The Morgan fingerprint density at radius 2 is 2.04 bits per heavy atom. The van der Waals surface area contributed by atoms with Gasteiger partial charge in [0.15, 0.2) is 0 Å². The first-order valence-electron chi connectivity index (χ1n) is 7.04. The van der Waals surface area contributed by atoms with Crippen molar-refractivity contribution < 1.29 is 0 Å². The van der Waals surface area contributed by atoms with Gasteiger partial charge in [0.1, 0.15) is 11.3 Å². The largest absolute Gasteiger partial charge is 0.397 e. The number of benzene rings is 2. The van der Waals surface area contributed by atoms with E-state index in [0.717, 1.165) is 37.9 Å². The zero-order valence-electron chi connectivity index (χ0n) is 12.3. The average molecular weight is 369 g/mol. The van der Waals surface area contributed by atoms with Crippen LogP contribution in [0.15, 0.2) is 41.0 Å². The summed E-state index contributed by atoms with van der Waals surface area (Å²) >= 11 is 3.45. The number of nitrogens with two attached hydrogens (primary N) is 1. The molecule has 0 fully saturated rings. The van der Waals surface area contributed by atoms with Gasteiger partial charge < -0.3 is 16.0 Å². The molecule has 0 saturated heterocycles. The molecule has 0 atom stereocenters. The lowest BCUT2D eigenvalue weighted by Gasteiger charge is -2.07. The molecular formula is C16H13BrN6. The van der Waals surface area contributed by atoms with Gasteiger partial charge in [-0.05, 0) is 31.2 Å². The molecule has 0 bridgehead atoms. The SMILES string of the molecule is Cc1nc2c(N)cc(Nc3ncc4ccc(Br)cc4n3)cc2[nH]1. The van der Waals surface area contributed by atoms with E-state index in [1.54, 1.807) is 6.20 Å². The van der Waals surface area contributed by atoms with Gasteiger partial charge in [0, 0.05) is 21.7 Å². The van der Waals surface area contributed by atoms with Crippen LogP contribution in [0.25, 0.3) is 21.9 Å². The van der Waals surface area contributed by atoms with Gasteiger partial charge in [-0.2, -0.15) is 0 Å². The number of nitrogens with zero attached hydrogens (tertiary/aromatic N) is 3. The van der Waals surface area contributed by atoms with Crippen LogP contribution >= 0.6 is 15.9 Å². The van der Waals surface area contributed by atoms with Crippen LogP contribution in [-0.4, -0.2) is 19.9 Å². The monoisotopic (exact) mass is 368 g/mol. The van der Waals surface area contributed by atoms with Gasteiger partial charge in [-0.25, -0.2) is 15.0 Å². The summed E-state index contributed by atoms with van der Waals surface area (Å²) < 4.78 is 0.980. The van der Waals surface area contributed by atoms with Crippen LogP contribution in [0.2, 0.25) is 0 Å². The molecule has 2 aromatic heterocycles. The van der Waals surface area contributed by atoms with E-state index >= 15 is 0 Å². The van der Waals surface area contributed by atoms with Gasteiger partial charge in [-0.15, -0.1) is 0 Å². The Labute approximate surface area is 140 Å². The van der Waals surface area contributed by atoms with Crippen molar-refractivity contribution in [2.24, 2.45) is 0 Å². The fraction of sp³-hybridized carbons (Fsp3) is 0.0625. The van der Waals surface area contributed by atoms with Gasteiger partial charge in [-0.3, -0.25) is 0 Å². The number of imidazole rings is 1. The molecule has 0 aliphatic rings. The number of hydrogen-bond donors (Lipinski definition) is 3. The van der Waals surface area contributed by atoms with Crippen molar-refractivity contribution in [2.75, 3.05) is 11.1 Å². The minimum atomic E-state index is 0.519. The van der Waals surface area contributed by atoms with E-state index in [1.165, 1.54) is 0 Å². The number of aromatic nitrogens is 4. The minimum absolute atomic E-state index is 0.519. The lowest BCUT2D eigenvalue weighted by molar-refractivity contribution is 1.17. The van der Waals surface area contributed by atoms with E-state index in [9.17, 15) is 0 Å². The number of aromatic amines is 1. The highest BCUT2D eigenvalue weighted by molar-refractivity contribution is 9.10. The maximum absolute atomic E-state index is 6.06. The van der Waals surface area contributed by atoms with Crippen LogP contribution < -0.4 is 11.1 Å². The molecule has 23 heavy (non-hydrogen) atoms. The van der Waals surface area contributed by atoms with E-state index in [1.807, 2.05) is 37.3 Å². The lowest BCUT2D eigenvalue weighted by atomic mass is 10.2. The first kappa shape index (κ1) is 14.0. The fourth-order valence-corrected chi connectivity index (χ4v) is 2.87. The van der Waals surface area contributed by atoms with Gasteiger partial charge in [-0.1, -0.05) is 22.0 Å². The third-order valence-electron chi connectivity index (χ3n) is 3.54. The Morgan fingerprint density at radius 3 is 2.91 bits per heavy atom. The second-order valence-corrected chi connectivity index (χ2v) is 6.22. The molecule has 6 nitrogen and oxygen atoms in total. The normalized spacial score (nSPS) is 11.2. The van der Waals surface area contributed by atoms with Crippen molar-refractivity contribution in [2.45, 2.75) is 6.92 Å². The first-order valence-corrected chi connectivity index (χ1v) is 7.83. The molecule has 0 unspecified atom stereocenters. The average Bonchev–Trinajstić information content (AvgIpc) is 2.88. The number of nitrogens with one attached hydrogen (secondary N) is 2. The van der Waals surface area contributed by atoms with Crippen LogP contribution in [-0.2, 0) is 0 Å². The van der Waals surface area contributed by atoms with Crippen LogP contribution in [0.5, 0.6) is 0 Å². The summed E-state index contributed by atoms with van der Waals surface area (Å²) in [5.41, 5.74) is 10.0. The highest BCUT2D eigenvalue weighted by atomic mass is 79.9. The van der Waals surface area contributed by atoms with Crippen molar-refractivity contribution in [3.8, 4) is 0 Å². The Hall–Kier alpha value is -2.67. The number of halogens is 1. The van der Waals surface area contributed by atoms with Crippen molar-refractivity contribution in [3.05, 3.63) is 46.8 Å². The topological polar surface area (TPSA) is 92.5 Å². The number of rotatable bonds is 2. The summed E-state index contributed by atoms with van der Waals surface area (Å²) in [4.78, 5) is 16.4. The van der Waals surface area contributed by atoms with E-state index in [0.29, 0.717) is 11.6 Å². The second kappa shape index (κ2) is 5.20. The predicted molar refractivity (Wildman–Crippen MR) is 95.8 cm³/mol. The molecule has 0 amide bonds. The minimum Gasteiger partial charge on any atom is -0.397 e. The van der Waals surface area contributed by atoms with Gasteiger partial charge in [0.25, 0.3) is 0 Å². The van der Waals surface area contributed by atoms with E-state index in [4.69, 9.17) is 5.73 Å². The van der Waals surface area contributed by atoms with Crippen molar-refractivity contribution in [3.63, 3.8) is 0 Å². The third-order valence-corrected chi connectivity index (χ3v) is 4.03. The predicted octanol–water partition coefficient (Wildman–Crippen LogP) is 3.90. The van der Waals surface area contributed by atoms with Crippen LogP contribution in [0.3, 0.4) is 0 Å². The zero-order chi connectivity index (χ0) is 16.0. The molecule has 0 radical (unpaired) electrons. The lowest BCUT2D eigenvalue weighted by Crippen LogP contribution is -1.98. The number of anilines is 3. The molecule has 0 aliphatic heterocycles. The van der Waals surface area contributed by atoms with Gasteiger partial charge in [0.2, 0.25) is 5.95 Å². The fourth-order valence-electron chi connectivity index (χ4n) is 2.53. The summed E-state index contributed by atoms with van der Waals surface area (Å²) in [6.07, 6.45) is 1.79. The number of nitrogen functional groups attached to an aromatic ring is 1. The number of fused-ring (bicyclic) bond motifs is 2. The van der Waals surface area contributed by atoms with E-state index in [-0.39, 0.29) is 0 Å². The van der Waals surface area contributed by atoms with Crippen LogP contribution in [0.1, 0.15) is 5.82 Å². The summed E-state index contributed by atoms with van der Waals surface area (Å²) in [5.74, 6) is 1.35.